The molecule has 0 aliphatic heterocycles. The second-order valence-electron chi connectivity index (χ2n) is 3.35. The second kappa shape index (κ2) is 4.18. The molecule has 1 aromatic carbocycles. The van der Waals surface area contributed by atoms with Crippen molar-refractivity contribution in [1.82, 2.24) is 9.97 Å². The molecule has 1 heterocycles. The van der Waals surface area contributed by atoms with Crippen molar-refractivity contribution in [3.05, 3.63) is 47.7 Å². The number of rotatable bonds is 2. The number of hydrogen-bond acceptors (Lipinski definition) is 3. The van der Waals surface area contributed by atoms with E-state index in [1.165, 1.54) is 18.3 Å². The van der Waals surface area contributed by atoms with E-state index in [2.05, 4.69) is 9.97 Å². The fourth-order valence-electron chi connectivity index (χ4n) is 1.37. The Bertz CT molecular complexity index is 523. The summed E-state index contributed by atoms with van der Waals surface area (Å²) in [6.45, 7) is 1.71. The smallest absolute Gasteiger partial charge is 0.170 e. The summed E-state index contributed by atoms with van der Waals surface area (Å²) in [4.78, 5) is 18.8. The van der Waals surface area contributed by atoms with E-state index in [0.717, 1.165) is 5.56 Å². The van der Waals surface area contributed by atoms with Crippen molar-refractivity contribution in [3.8, 4) is 11.3 Å². The normalized spacial score (nSPS) is 10.1. The van der Waals surface area contributed by atoms with Crippen molar-refractivity contribution in [3.63, 3.8) is 0 Å². The monoisotopic (exact) mass is 216 g/mol. The molecule has 0 fully saturated rings. The lowest BCUT2D eigenvalue weighted by atomic mass is 10.1. The van der Waals surface area contributed by atoms with Gasteiger partial charge in [-0.3, -0.25) is 4.79 Å². The van der Waals surface area contributed by atoms with Gasteiger partial charge in [0.05, 0.1) is 17.6 Å². The van der Waals surface area contributed by atoms with Crippen LogP contribution in [0, 0.1) is 12.7 Å². The Labute approximate surface area is 92.0 Å². The van der Waals surface area contributed by atoms with Gasteiger partial charge in [0.15, 0.2) is 6.29 Å². The Hall–Kier alpha value is -2.10. The molecule has 0 saturated carbocycles. The minimum Gasteiger partial charge on any atom is -0.296 e. The summed E-state index contributed by atoms with van der Waals surface area (Å²) in [5.41, 5.74) is 2.29. The van der Waals surface area contributed by atoms with Gasteiger partial charge in [0.2, 0.25) is 0 Å². The van der Waals surface area contributed by atoms with E-state index in [0.29, 0.717) is 23.4 Å². The molecule has 0 radical (unpaired) electrons. The van der Waals surface area contributed by atoms with E-state index < -0.39 is 0 Å². The van der Waals surface area contributed by atoms with Crippen LogP contribution in [-0.4, -0.2) is 16.3 Å². The van der Waals surface area contributed by atoms with Crippen molar-refractivity contribution < 1.29 is 9.18 Å². The van der Waals surface area contributed by atoms with Crippen LogP contribution in [0.3, 0.4) is 0 Å². The number of halogens is 1. The minimum atomic E-state index is -0.294. The Morgan fingerprint density at radius 1 is 1.25 bits per heavy atom. The minimum absolute atomic E-state index is 0.294. The van der Waals surface area contributed by atoms with Crippen molar-refractivity contribution in [2.24, 2.45) is 0 Å². The molecule has 0 bridgehead atoms. The maximum Gasteiger partial charge on any atom is 0.170 e. The van der Waals surface area contributed by atoms with Crippen LogP contribution in [0.25, 0.3) is 11.3 Å². The summed E-state index contributed by atoms with van der Waals surface area (Å²) >= 11 is 0. The summed E-state index contributed by atoms with van der Waals surface area (Å²) < 4.78 is 12.7. The lowest BCUT2D eigenvalue weighted by molar-refractivity contribution is 0.111. The van der Waals surface area contributed by atoms with Crippen molar-refractivity contribution >= 4 is 6.29 Å². The Kier molecular flexibility index (Phi) is 2.72. The standard InChI is InChI=1S/C12H9FN2O/c1-8-12(7-16)14-6-11(15-8)9-2-4-10(13)5-3-9/h2-7H,1H3. The van der Waals surface area contributed by atoms with Crippen molar-refractivity contribution in [2.45, 2.75) is 6.92 Å². The molecule has 0 aliphatic rings. The largest absolute Gasteiger partial charge is 0.296 e. The average Bonchev–Trinajstić information content (AvgIpc) is 2.30. The summed E-state index contributed by atoms with van der Waals surface area (Å²) in [6.07, 6.45) is 2.17. The summed E-state index contributed by atoms with van der Waals surface area (Å²) in [5, 5.41) is 0. The zero-order valence-electron chi connectivity index (χ0n) is 8.64. The topological polar surface area (TPSA) is 42.9 Å². The number of aryl methyl sites for hydroxylation is 1. The number of carbonyl (C=O) groups is 1. The summed E-state index contributed by atoms with van der Waals surface area (Å²) in [6, 6.07) is 5.97. The molecule has 0 spiro atoms. The van der Waals surface area contributed by atoms with Gasteiger partial charge in [-0.05, 0) is 31.2 Å². The molecule has 80 valence electrons. The van der Waals surface area contributed by atoms with Crippen LogP contribution >= 0.6 is 0 Å². The maximum atomic E-state index is 12.7. The maximum absolute atomic E-state index is 12.7. The molecule has 2 aromatic rings. The molecule has 0 atom stereocenters. The van der Waals surface area contributed by atoms with Crippen LogP contribution in [0.1, 0.15) is 16.2 Å². The highest BCUT2D eigenvalue weighted by molar-refractivity contribution is 5.74. The second-order valence-corrected chi connectivity index (χ2v) is 3.35. The molecular formula is C12H9FN2O. The zero-order chi connectivity index (χ0) is 11.5. The van der Waals surface area contributed by atoms with Crippen molar-refractivity contribution in [1.29, 1.82) is 0 Å². The molecule has 0 N–H and O–H groups in total. The third kappa shape index (κ3) is 1.95. The van der Waals surface area contributed by atoms with Crippen LogP contribution in [0.15, 0.2) is 30.5 Å². The first-order chi connectivity index (χ1) is 7.70. The van der Waals surface area contributed by atoms with Gasteiger partial charge >= 0.3 is 0 Å². The van der Waals surface area contributed by atoms with Gasteiger partial charge < -0.3 is 0 Å². The number of aromatic nitrogens is 2. The number of hydrogen-bond donors (Lipinski definition) is 0. The third-order valence-electron chi connectivity index (χ3n) is 2.24. The summed E-state index contributed by atoms with van der Waals surface area (Å²) in [7, 11) is 0. The third-order valence-corrected chi connectivity index (χ3v) is 2.24. The van der Waals surface area contributed by atoms with Crippen molar-refractivity contribution in [2.75, 3.05) is 0 Å². The van der Waals surface area contributed by atoms with Crippen LogP contribution in [-0.2, 0) is 0 Å². The van der Waals surface area contributed by atoms with Crippen LogP contribution in [0.2, 0.25) is 0 Å². The molecule has 0 amide bonds. The number of nitrogens with zero attached hydrogens (tertiary/aromatic N) is 2. The lowest BCUT2D eigenvalue weighted by Gasteiger charge is -2.02. The van der Waals surface area contributed by atoms with E-state index in [4.69, 9.17) is 0 Å². The van der Waals surface area contributed by atoms with E-state index in [-0.39, 0.29) is 5.82 Å². The predicted molar refractivity (Wildman–Crippen MR) is 57.6 cm³/mol. The highest BCUT2D eigenvalue weighted by Crippen LogP contribution is 2.17. The van der Waals surface area contributed by atoms with Gasteiger partial charge in [-0.1, -0.05) is 0 Å². The quantitative estimate of drug-likeness (QED) is 0.724. The fourth-order valence-corrected chi connectivity index (χ4v) is 1.37. The molecular weight excluding hydrogens is 207 g/mol. The molecule has 0 unspecified atom stereocenters. The highest BCUT2D eigenvalue weighted by Gasteiger charge is 2.04. The van der Waals surface area contributed by atoms with Gasteiger partial charge in [-0.2, -0.15) is 0 Å². The SMILES string of the molecule is Cc1nc(-c2ccc(F)cc2)cnc1C=O. The lowest BCUT2D eigenvalue weighted by Crippen LogP contribution is -1.97. The highest BCUT2D eigenvalue weighted by atomic mass is 19.1. The molecule has 0 aliphatic carbocycles. The van der Waals surface area contributed by atoms with Gasteiger partial charge in [0.25, 0.3) is 0 Å². The number of benzene rings is 1. The van der Waals surface area contributed by atoms with Gasteiger partial charge in [0.1, 0.15) is 11.5 Å². The van der Waals surface area contributed by atoms with Gasteiger partial charge in [0, 0.05) is 5.56 Å². The predicted octanol–water partition coefficient (Wildman–Crippen LogP) is 2.40. The van der Waals surface area contributed by atoms with Gasteiger partial charge in [-0.15, -0.1) is 0 Å². The first-order valence-corrected chi connectivity index (χ1v) is 4.75. The molecule has 0 saturated heterocycles. The van der Waals surface area contributed by atoms with E-state index in [1.807, 2.05) is 0 Å². The zero-order valence-corrected chi connectivity index (χ0v) is 8.64. The van der Waals surface area contributed by atoms with Crippen LogP contribution in [0.5, 0.6) is 0 Å². The molecule has 4 heteroatoms. The number of aldehydes is 1. The molecule has 2 rings (SSSR count). The first-order valence-electron chi connectivity index (χ1n) is 4.75. The Morgan fingerprint density at radius 3 is 2.50 bits per heavy atom. The molecule has 3 nitrogen and oxygen atoms in total. The number of carbonyl (C=O) groups excluding carboxylic acids is 1. The fraction of sp³-hybridized carbons (Fsp3) is 0.0833. The van der Waals surface area contributed by atoms with E-state index in [1.54, 1.807) is 19.1 Å². The average molecular weight is 216 g/mol. The van der Waals surface area contributed by atoms with Crippen LogP contribution < -0.4 is 0 Å². The summed E-state index contributed by atoms with van der Waals surface area (Å²) in [5.74, 6) is -0.294. The molecule has 16 heavy (non-hydrogen) atoms. The Morgan fingerprint density at radius 2 is 1.94 bits per heavy atom. The van der Waals surface area contributed by atoms with E-state index in [9.17, 15) is 9.18 Å². The molecule has 1 aromatic heterocycles. The Balaban J connectivity index is 2.45. The van der Waals surface area contributed by atoms with Crippen LogP contribution in [0.4, 0.5) is 4.39 Å². The van der Waals surface area contributed by atoms with E-state index >= 15 is 0 Å². The first kappa shape index (κ1) is 10.4. The van der Waals surface area contributed by atoms with Gasteiger partial charge in [-0.25, -0.2) is 14.4 Å².